The highest BCUT2D eigenvalue weighted by atomic mass is 16.4. The van der Waals surface area contributed by atoms with Crippen LogP contribution in [-0.2, 0) is 6.54 Å². The van der Waals surface area contributed by atoms with Gasteiger partial charge in [0.05, 0.1) is 6.04 Å². The number of nitrogens with zero attached hydrogens (tertiary/aromatic N) is 1. The maximum Gasteiger partial charge on any atom is 0.341 e. The number of aromatic nitrogens is 1. The number of hydrogen-bond donors (Lipinski definition) is 2. The fourth-order valence-electron chi connectivity index (χ4n) is 2.18. The van der Waals surface area contributed by atoms with E-state index in [1.807, 2.05) is 10.8 Å². The summed E-state index contributed by atoms with van der Waals surface area (Å²) in [5.41, 5.74) is 0.341. The first-order valence-electron chi connectivity index (χ1n) is 5.61. The predicted molar refractivity (Wildman–Crippen MR) is 59.2 cm³/mol. The van der Waals surface area contributed by atoms with Crippen LogP contribution in [-0.4, -0.2) is 23.7 Å². The molecule has 1 aliphatic heterocycles. The minimum Gasteiger partial charge on any atom is -0.477 e. The van der Waals surface area contributed by atoms with Gasteiger partial charge in [0.25, 0.3) is 0 Å². The highest BCUT2D eigenvalue weighted by molar-refractivity contribution is 5.86. The molecule has 0 saturated carbocycles. The number of pyridine rings is 1. The van der Waals surface area contributed by atoms with Crippen molar-refractivity contribution in [1.29, 1.82) is 0 Å². The number of carboxylic acids is 1. The van der Waals surface area contributed by atoms with Crippen LogP contribution in [0.4, 0.5) is 0 Å². The third kappa shape index (κ3) is 2.58. The van der Waals surface area contributed by atoms with Gasteiger partial charge in [-0.2, -0.15) is 0 Å². The van der Waals surface area contributed by atoms with Gasteiger partial charge in [-0.05, 0) is 24.9 Å². The highest BCUT2D eigenvalue weighted by Gasteiger charge is 2.24. The molecule has 0 amide bonds. The lowest BCUT2D eigenvalue weighted by atomic mass is 10.1. The van der Waals surface area contributed by atoms with Gasteiger partial charge in [-0.1, -0.05) is 6.92 Å². The molecule has 0 aliphatic carbocycles. The van der Waals surface area contributed by atoms with Gasteiger partial charge in [-0.25, -0.2) is 9.36 Å². The molecule has 4 nitrogen and oxygen atoms in total. The van der Waals surface area contributed by atoms with Crippen LogP contribution in [0.2, 0.25) is 0 Å². The highest BCUT2D eigenvalue weighted by Crippen LogP contribution is 2.12. The molecule has 86 valence electrons. The fraction of sp³-hybridized carbons (Fsp3) is 0.500. The van der Waals surface area contributed by atoms with Gasteiger partial charge < -0.3 is 10.4 Å². The second-order valence-electron chi connectivity index (χ2n) is 4.54. The maximum absolute atomic E-state index is 10.8. The Kier molecular flexibility index (Phi) is 3.19. The molecule has 1 fully saturated rings. The van der Waals surface area contributed by atoms with Crippen LogP contribution in [0.25, 0.3) is 0 Å². The first kappa shape index (κ1) is 11.1. The molecule has 0 radical (unpaired) electrons. The molecule has 2 N–H and O–H groups in total. The molecule has 2 heterocycles. The monoisotopic (exact) mass is 221 g/mol. The summed E-state index contributed by atoms with van der Waals surface area (Å²) in [6.45, 7) is 4.13. The molecule has 2 unspecified atom stereocenters. The van der Waals surface area contributed by atoms with Gasteiger partial charge in [-0.3, -0.25) is 0 Å². The Balaban J connectivity index is 2.04. The lowest BCUT2D eigenvalue weighted by Gasteiger charge is -2.05. The first-order chi connectivity index (χ1) is 7.65. The number of nitrogens with one attached hydrogen (secondary N) is 1. The van der Waals surface area contributed by atoms with E-state index < -0.39 is 5.97 Å². The van der Waals surface area contributed by atoms with Crippen LogP contribution in [0.3, 0.4) is 0 Å². The Bertz CT molecular complexity index is 392. The number of rotatable bonds is 3. The molecular formula is C12H17N2O2+. The number of carbonyl (C=O) groups is 1. The van der Waals surface area contributed by atoms with Crippen molar-refractivity contribution in [2.45, 2.75) is 25.9 Å². The Hall–Kier alpha value is -1.42. The summed E-state index contributed by atoms with van der Waals surface area (Å²) in [6.07, 6.45) is 4.76. The second kappa shape index (κ2) is 4.61. The quantitative estimate of drug-likeness (QED) is 0.738. The maximum atomic E-state index is 10.8. The average Bonchev–Trinajstić information content (AvgIpc) is 2.64. The normalized spacial score (nSPS) is 24.6. The predicted octanol–water partition coefficient (Wildman–Crippen LogP) is 0.670. The summed E-state index contributed by atoms with van der Waals surface area (Å²) in [7, 11) is 0. The van der Waals surface area contributed by atoms with E-state index in [0.29, 0.717) is 17.5 Å². The molecule has 0 spiro atoms. The molecule has 1 aliphatic rings. The third-order valence-corrected chi connectivity index (χ3v) is 2.98. The van der Waals surface area contributed by atoms with Crippen LogP contribution in [0.1, 0.15) is 23.7 Å². The minimum absolute atomic E-state index is 0.341. The molecular weight excluding hydrogens is 204 g/mol. The molecule has 2 rings (SSSR count). The van der Waals surface area contributed by atoms with Crippen molar-refractivity contribution in [2.75, 3.05) is 6.54 Å². The molecule has 4 heteroatoms. The van der Waals surface area contributed by atoms with Crippen LogP contribution in [0.15, 0.2) is 24.5 Å². The Labute approximate surface area is 94.9 Å². The minimum atomic E-state index is -0.873. The standard InChI is InChI=1S/C12H16N2O2/c1-9-5-11(13-6-9)8-14-4-2-3-10(7-14)12(15)16/h2-4,7,9,11,13H,5-6,8H2,1H3/p+1. The van der Waals surface area contributed by atoms with Gasteiger partial charge in [-0.15, -0.1) is 0 Å². The summed E-state index contributed by atoms with van der Waals surface area (Å²) in [5, 5.41) is 12.3. The lowest BCUT2D eigenvalue weighted by Crippen LogP contribution is -2.43. The van der Waals surface area contributed by atoms with Crippen LogP contribution in [0, 0.1) is 5.92 Å². The zero-order valence-corrected chi connectivity index (χ0v) is 9.39. The summed E-state index contributed by atoms with van der Waals surface area (Å²) >= 11 is 0. The largest absolute Gasteiger partial charge is 0.477 e. The molecule has 1 aromatic rings. The zero-order valence-electron chi connectivity index (χ0n) is 9.39. The van der Waals surface area contributed by atoms with Crippen molar-refractivity contribution >= 4 is 5.97 Å². The van der Waals surface area contributed by atoms with Gasteiger partial charge in [0.2, 0.25) is 0 Å². The van der Waals surface area contributed by atoms with Crippen molar-refractivity contribution in [2.24, 2.45) is 5.92 Å². The van der Waals surface area contributed by atoms with Crippen molar-refractivity contribution in [3.8, 4) is 0 Å². The van der Waals surface area contributed by atoms with E-state index in [0.717, 1.165) is 19.5 Å². The Morgan fingerprint density at radius 3 is 3.12 bits per heavy atom. The Morgan fingerprint density at radius 1 is 1.69 bits per heavy atom. The van der Waals surface area contributed by atoms with Gasteiger partial charge in [0, 0.05) is 6.07 Å². The fourth-order valence-corrected chi connectivity index (χ4v) is 2.18. The van der Waals surface area contributed by atoms with Crippen molar-refractivity contribution < 1.29 is 14.5 Å². The van der Waals surface area contributed by atoms with Gasteiger partial charge in [0.1, 0.15) is 5.56 Å². The topological polar surface area (TPSA) is 53.2 Å². The molecule has 0 aromatic carbocycles. The molecule has 2 atom stereocenters. The summed E-state index contributed by atoms with van der Waals surface area (Å²) < 4.78 is 1.94. The smallest absolute Gasteiger partial charge is 0.341 e. The van der Waals surface area contributed by atoms with E-state index in [-0.39, 0.29) is 0 Å². The van der Waals surface area contributed by atoms with Gasteiger partial charge >= 0.3 is 5.97 Å². The van der Waals surface area contributed by atoms with Crippen LogP contribution in [0.5, 0.6) is 0 Å². The summed E-state index contributed by atoms with van der Waals surface area (Å²) in [4.78, 5) is 10.8. The second-order valence-corrected chi connectivity index (χ2v) is 4.54. The van der Waals surface area contributed by atoms with E-state index in [2.05, 4.69) is 12.2 Å². The zero-order chi connectivity index (χ0) is 11.5. The van der Waals surface area contributed by atoms with E-state index in [1.54, 1.807) is 18.3 Å². The van der Waals surface area contributed by atoms with E-state index >= 15 is 0 Å². The van der Waals surface area contributed by atoms with Gasteiger partial charge in [0.15, 0.2) is 18.9 Å². The van der Waals surface area contributed by atoms with Crippen LogP contribution < -0.4 is 9.88 Å². The number of hydrogen-bond acceptors (Lipinski definition) is 2. The number of aromatic carboxylic acids is 1. The van der Waals surface area contributed by atoms with Crippen molar-refractivity contribution in [3.63, 3.8) is 0 Å². The van der Waals surface area contributed by atoms with E-state index in [1.165, 1.54) is 0 Å². The number of carboxylic acid groups (broad SMARTS) is 1. The van der Waals surface area contributed by atoms with Crippen molar-refractivity contribution in [1.82, 2.24) is 5.32 Å². The first-order valence-corrected chi connectivity index (χ1v) is 5.61. The van der Waals surface area contributed by atoms with E-state index in [4.69, 9.17) is 5.11 Å². The SMILES string of the molecule is CC1CNC(C[n+]2cccc(C(=O)O)c2)C1. The molecule has 1 aromatic heterocycles. The summed E-state index contributed by atoms with van der Waals surface area (Å²) in [6, 6.07) is 3.86. The summed E-state index contributed by atoms with van der Waals surface area (Å²) in [5.74, 6) is -0.157. The molecule has 16 heavy (non-hydrogen) atoms. The van der Waals surface area contributed by atoms with E-state index in [9.17, 15) is 4.79 Å². The average molecular weight is 221 g/mol. The third-order valence-electron chi connectivity index (χ3n) is 2.98. The van der Waals surface area contributed by atoms with Crippen LogP contribution >= 0.6 is 0 Å². The van der Waals surface area contributed by atoms with Crippen molar-refractivity contribution in [3.05, 3.63) is 30.1 Å². The lowest BCUT2D eigenvalue weighted by molar-refractivity contribution is -0.699. The molecule has 1 saturated heterocycles. The molecule has 0 bridgehead atoms. The Morgan fingerprint density at radius 2 is 2.50 bits per heavy atom.